The van der Waals surface area contributed by atoms with E-state index in [-0.39, 0.29) is 30.5 Å². The van der Waals surface area contributed by atoms with E-state index >= 15 is 0 Å². The summed E-state index contributed by atoms with van der Waals surface area (Å²) >= 11 is 5.58. The van der Waals surface area contributed by atoms with E-state index in [4.69, 9.17) is 16.3 Å². The Morgan fingerprint density at radius 3 is 2.58 bits per heavy atom. The van der Waals surface area contributed by atoms with Gasteiger partial charge in [0.2, 0.25) is 10.0 Å². The molecule has 0 aromatic heterocycles. The monoisotopic (exact) mass is 309 g/mol. The highest BCUT2D eigenvalue weighted by Gasteiger charge is 2.26. The first-order valence-corrected chi connectivity index (χ1v) is 7.78. The van der Waals surface area contributed by atoms with Crippen LogP contribution in [-0.2, 0) is 20.6 Å². The number of alkyl halides is 1. The van der Waals surface area contributed by atoms with Crippen molar-refractivity contribution >= 4 is 21.6 Å². The number of hydrogen-bond acceptors (Lipinski definition) is 3. The Morgan fingerprint density at radius 1 is 1.42 bits per heavy atom. The highest BCUT2D eigenvalue weighted by molar-refractivity contribution is 7.89. The molecule has 0 amide bonds. The van der Waals surface area contributed by atoms with Gasteiger partial charge in [0, 0.05) is 26.1 Å². The SMILES string of the molecule is CCN(CCOC)S(=O)(=O)c1ccc(CCl)cc1F. The second-order valence-corrected chi connectivity index (χ2v) is 6.06. The quantitative estimate of drug-likeness (QED) is 0.726. The molecule has 1 aromatic rings. The summed E-state index contributed by atoms with van der Waals surface area (Å²) in [6.07, 6.45) is 0. The number of benzene rings is 1. The summed E-state index contributed by atoms with van der Waals surface area (Å²) in [4.78, 5) is -0.334. The third kappa shape index (κ3) is 3.89. The number of halogens is 2. The lowest BCUT2D eigenvalue weighted by Gasteiger charge is -2.20. The number of ether oxygens (including phenoxy) is 1. The molecule has 19 heavy (non-hydrogen) atoms. The maximum Gasteiger partial charge on any atom is 0.246 e. The van der Waals surface area contributed by atoms with Gasteiger partial charge in [-0.05, 0) is 17.7 Å². The number of nitrogens with zero attached hydrogens (tertiary/aromatic N) is 1. The minimum atomic E-state index is -3.84. The molecule has 0 fully saturated rings. The topological polar surface area (TPSA) is 46.6 Å². The van der Waals surface area contributed by atoms with Crippen molar-refractivity contribution in [2.24, 2.45) is 0 Å². The van der Waals surface area contributed by atoms with Gasteiger partial charge in [0.1, 0.15) is 10.7 Å². The molecule has 7 heteroatoms. The molecule has 0 heterocycles. The lowest BCUT2D eigenvalue weighted by atomic mass is 10.2. The average molecular weight is 310 g/mol. The molecule has 0 spiro atoms. The van der Waals surface area contributed by atoms with E-state index in [1.54, 1.807) is 6.92 Å². The van der Waals surface area contributed by atoms with Gasteiger partial charge in [-0.1, -0.05) is 13.0 Å². The smallest absolute Gasteiger partial charge is 0.246 e. The summed E-state index contributed by atoms with van der Waals surface area (Å²) < 4.78 is 44.5. The Morgan fingerprint density at radius 2 is 2.11 bits per heavy atom. The Balaban J connectivity index is 3.11. The molecule has 1 aromatic carbocycles. The number of methoxy groups -OCH3 is 1. The first-order chi connectivity index (χ1) is 8.97. The zero-order valence-electron chi connectivity index (χ0n) is 10.9. The van der Waals surface area contributed by atoms with Gasteiger partial charge in [-0.2, -0.15) is 4.31 Å². The fourth-order valence-electron chi connectivity index (χ4n) is 1.62. The predicted molar refractivity (Wildman–Crippen MR) is 72.3 cm³/mol. The third-order valence-corrected chi connectivity index (χ3v) is 4.98. The molecule has 0 aliphatic carbocycles. The van der Waals surface area contributed by atoms with Crippen LogP contribution in [0, 0.1) is 5.82 Å². The van der Waals surface area contributed by atoms with Gasteiger partial charge in [0.25, 0.3) is 0 Å². The maximum absolute atomic E-state index is 13.9. The number of sulfonamides is 1. The van der Waals surface area contributed by atoms with Crippen molar-refractivity contribution in [3.05, 3.63) is 29.6 Å². The molecule has 0 aliphatic heterocycles. The molecule has 0 saturated carbocycles. The Kier molecular flexibility index (Phi) is 6.19. The van der Waals surface area contributed by atoms with Gasteiger partial charge in [0.05, 0.1) is 6.61 Å². The van der Waals surface area contributed by atoms with Crippen LogP contribution in [0.3, 0.4) is 0 Å². The van der Waals surface area contributed by atoms with Crippen LogP contribution < -0.4 is 0 Å². The normalized spacial score (nSPS) is 12.1. The summed E-state index contributed by atoms with van der Waals surface area (Å²) in [5.74, 6) is -0.646. The zero-order chi connectivity index (χ0) is 14.5. The van der Waals surface area contributed by atoms with Crippen molar-refractivity contribution in [1.29, 1.82) is 0 Å². The van der Waals surface area contributed by atoms with Crippen LogP contribution in [0.5, 0.6) is 0 Å². The minimum Gasteiger partial charge on any atom is -0.383 e. The number of likely N-dealkylation sites (N-methyl/N-ethyl adjacent to an activating group) is 1. The molecular weight excluding hydrogens is 293 g/mol. The maximum atomic E-state index is 13.9. The van der Waals surface area contributed by atoms with Crippen molar-refractivity contribution in [3.8, 4) is 0 Å². The van der Waals surface area contributed by atoms with Crippen LogP contribution in [0.4, 0.5) is 4.39 Å². The molecule has 0 saturated heterocycles. The van der Waals surface area contributed by atoms with Crippen molar-refractivity contribution < 1.29 is 17.5 Å². The molecule has 108 valence electrons. The largest absolute Gasteiger partial charge is 0.383 e. The van der Waals surface area contributed by atoms with Gasteiger partial charge >= 0.3 is 0 Å². The van der Waals surface area contributed by atoms with Crippen molar-refractivity contribution in [2.75, 3.05) is 26.8 Å². The lowest BCUT2D eigenvalue weighted by molar-refractivity contribution is 0.180. The summed E-state index contributed by atoms with van der Waals surface area (Å²) in [6.45, 7) is 2.39. The molecule has 0 atom stereocenters. The van der Waals surface area contributed by atoms with Crippen LogP contribution in [-0.4, -0.2) is 39.5 Å². The summed E-state index contributed by atoms with van der Waals surface area (Å²) in [5, 5.41) is 0. The molecule has 1 rings (SSSR count). The van der Waals surface area contributed by atoms with Gasteiger partial charge in [-0.25, -0.2) is 12.8 Å². The lowest BCUT2D eigenvalue weighted by Crippen LogP contribution is -2.34. The van der Waals surface area contributed by atoms with Crippen LogP contribution in [0.1, 0.15) is 12.5 Å². The average Bonchev–Trinajstić information content (AvgIpc) is 2.38. The minimum absolute atomic E-state index is 0.137. The molecule has 4 nitrogen and oxygen atoms in total. The molecule has 0 N–H and O–H groups in total. The Labute approximate surface area is 118 Å². The van der Waals surface area contributed by atoms with E-state index in [2.05, 4.69) is 0 Å². The fourth-order valence-corrected chi connectivity index (χ4v) is 3.26. The van der Waals surface area contributed by atoms with Gasteiger partial charge < -0.3 is 4.74 Å². The van der Waals surface area contributed by atoms with E-state index in [1.165, 1.54) is 23.5 Å². The number of rotatable bonds is 7. The van der Waals surface area contributed by atoms with E-state index in [0.29, 0.717) is 5.56 Å². The molecule has 0 bridgehead atoms. The van der Waals surface area contributed by atoms with E-state index in [0.717, 1.165) is 6.07 Å². The zero-order valence-corrected chi connectivity index (χ0v) is 12.5. The second kappa shape index (κ2) is 7.19. The van der Waals surface area contributed by atoms with Crippen molar-refractivity contribution in [2.45, 2.75) is 17.7 Å². The van der Waals surface area contributed by atoms with Gasteiger partial charge in [-0.3, -0.25) is 0 Å². The first kappa shape index (κ1) is 16.4. The van der Waals surface area contributed by atoms with E-state index < -0.39 is 15.8 Å². The van der Waals surface area contributed by atoms with Crippen LogP contribution in [0.2, 0.25) is 0 Å². The highest BCUT2D eigenvalue weighted by atomic mass is 35.5. The summed E-state index contributed by atoms with van der Waals surface area (Å²) in [5.41, 5.74) is 0.540. The standard InChI is InChI=1S/C12H17ClFNO3S/c1-3-15(6-7-18-2)19(16,17)12-5-4-10(9-13)8-11(12)14/h4-5,8H,3,6-7,9H2,1-2H3. The van der Waals surface area contributed by atoms with Crippen molar-refractivity contribution in [3.63, 3.8) is 0 Å². The molecule has 0 unspecified atom stereocenters. The number of hydrogen-bond donors (Lipinski definition) is 0. The van der Waals surface area contributed by atoms with Gasteiger partial charge in [-0.15, -0.1) is 11.6 Å². The van der Waals surface area contributed by atoms with Crippen molar-refractivity contribution in [1.82, 2.24) is 4.31 Å². The predicted octanol–water partition coefficient (Wildman–Crippen LogP) is 2.22. The Hall–Kier alpha value is -0.690. The summed E-state index contributed by atoms with van der Waals surface area (Å²) in [7, 11) is -2.36. The third-order valence-electron chi connectivity index (χ3n) is 2.67. The van der Waals surface area contributed by atoms with Crippen LogP contribution in [0.15, 0.2) is 23.1 Å². The fraction of sp³-hybridized carbons (Fsp3) is 0.500. The molecule has 0 radical (unpaired) electrons. The molecule has 0 aliphatic rings. The summed E-state index contributed by atoms with van der Waals surface area (Å²) in [6, 6.07) is 3.90. The van der Waals surface area contributed by atoms with Gasteiger partial charge in [0.15, 0.2) is 0 Å². The molecular formula is C12H17ClFNO3S. The van der Waals surface area contributed by atoms with Crippen LogP contribution >= 0.6 is 11.6 Å². The first-order valence-electron chi connectivity index (χ1n) is 5.80. The van der Waals surface area contributed by atoms with Crippen LogP contribution in [0.25, 0.3) is 0 Å². The van der Waals surface area contributed by atoms with E-state index in [1.807, 2.05) is 0 Å². The Bertz CT molecular complexity index is 522. The second-order valence-electron chi connectivity index (χ2n) is 3.89. The van der Waals surface area contributed by atoms with E-state index in [9.17, 15) is 12.8 Å². The highest BCUT2D eigenvalue weighted by Crippen LogP contribution is 2.21.